The maximum absolute atomic E-state index is 3.78. The van der Waals surface area contributed by atoms with Gasteiger partial charge in [-0.25, -0.2) is 0 Å². The van der Waals surface area contributed by atoms with E-state index in [1.54, 1.807) is 11.1 Å². The molecule has 0 saturated carbocycles. The lowest BCUT2D eigenvalue weighted by atomic mass is 10.1. The van der Waals surface area contributed by atoms with E-state index in [1.165, 1.54) is 45.2 Å². The summed E-state index contributed by atoms with van der Waals surface area (Å²) in [5, 5.41) is 3.78. The zero-order valence-electron chi connectivity index (χ0n) is 12.1. The first kappa shape index (κ1) is 13.1. The lowest BCUT2D eigenvalue weighted by Crippen LogP contribution is -2.45. The SMILES string of the molecule is CC(CNC1Cc2ccccc2C1)N1CCCCC1. The van der Waals surface area contributed by atoms with E-state index in [0.29, 0.717) is 12.1 Å². The summed E-state index contributed by atoms with van der Waals surface area (Å²) in [5.41, 5.74) is 3.09. The largest absolute Gasteiger partial charge is 0.312 e. The van der Waals surface area contributed by atoms with Gasteiger partial charge < -0.3 is 5.32 Å². The first-order valence-electron chi connectivity index (χ1n) is 7.87. The van der Waals surface area contributed by atoms with Crippen molar-refractivity contribution in [2.45, 2.75) is 51.1 Å². The molecular formula is C17H26N2. The van der Waals surface area contributed by atoms with Crippen molar-refractivity contribution in [3.8, 4) is 0 Å². The van der Waals surface area contributed by atoms with Crippen LogP contribution in [-0.2, 0) is 12.8 Å². The Hall–Kier alpha value is -0.860. The fraction of sp³-hybridized carbons (Fsp3) is 0.647. The molecule has 1 N–H and O–H groups in total. The molecular weight excluding hydrogens is 232 g/mol. The summed E-state index contributed by atoms with van der Waals surface area (Å²) >= 11 is 0. The molecule has 0 spiro atoms. The minimum absolute atomic E-state index is 0.657. The zero-order chi connectivity index (χ0) is 13.1. The summed E-state index contributed by atoms with van der Waals surface area (Å²) in [4.78, 5) is 2.65. The average molecular weight is 258 g/mol. The average Bonchev–Trinajstić information content (AvgIpc) is 2.88. The molecule has 3 rings (SSSR count). The first-order chi connectivity index (χ1) is 9.33. The van der Waals surface area contributed by atoms with Crippen LogP contribution in [0.2, 0.25) is 0 Å². The van der Waals surface area contributed by atoms with Crippen LogP contribution in [0.3, 0.4) is 0 Å². The standard InChI is InChI=1S/C17H26N2/c1-14(19-9-5-2-6-10-19)13-18-17-11-15-7-3-4-8-16(15)12-17/h3-4,7-8,14,17-18H,2,5-6,9-13H2,1H3. The number of nitrogens with zero attached hydrogens (tertiary/aromatic N) is 1. The molecule has 1 saturated heterocycles. The minimum atomic E-state index is 0.657. The number of piperidine rings is 1. The summed E-state index contributed by atoms with van der Waals surface area (Å²) in [7, 11) is 0. The van der Waals surface area contributed by atoms with E-state index >= 15 is 0 Å². The van der Waals surface area contributed by atoms with Gasteiger partial charge in [0.25, 0.3) is 0 Å². The monoisotopic (exact) mass is 258 g/mol. The van der Waals surface area contributed by atoms with E-state index in [4.69, 9.17) is 0 Å². The normalized spacial score (nSPS) is 22.4. The van der Waals surface area contributed by atoms with Crippen LogP contribution < -0.4 is 5.32 Å². The number of benzene rings is 1. The van der Waals surface area contributed by atoms with E-state index < -0.39 is 0 Å². The maximum Gasteiger partial charge on any atom is 0.0192 e. The van der Waals surface area contributed by atoms with Gasteiger partial charge >= 0.3 is 0 Å². The molecule has 1 atom stereocenters. The number of hydrogen-bond donors (Lipinski definition) is 1. The second kappa shape index (κ2) is 6.06. The molecule has 2 nitrogen and oxygen atoms in total. The highest BCUT2D eigenvalue weighted by atomic mass is 15.2. The van der Waals surface area contributed by atoms with E-state index in [0.717, 1.165) is 6.54 Å². The van der Waals surface area contributed by atoms with Gasteiger partial charge in [0.1, 0.15) is 0 Å². The second-order valence-electron chi connectivity index (χ2n) is 6.23. The third kappa shape index (κ3) is 3.18. The number of fused-ring (bicyclic) bond motifs is 1. The van der Waals surface area contributed by atoms with Crippen molar-refractivity contribution in [1.29, 1.82) is 0 Å². The van der Waals surface area contributed by atoms with E-state index in [-0.39, 0.29) is 0 Å². The number of nitrogens with one attached hydrogen (secondary N) is 1. The van der Waals surface area contributed by atoms with Gasteiger partial charge in [0.15, 0.2) is 0 Å². The molecule has 2 heteroatoms. The molecule has 1 aromatic rings. The lowest BCUT2D eigenvalue weighted by Gasteiger charge is -2.33. The van der Waals surface area contributed by atoms with Crippen LogP contribution in [0.1, 0.15) is 37.3 Å². The Balaban J connectivity index is 1.46. The van der Waals surface area contributed by atoms with Gasteiger partial charge in [-0.3, -0.25) is 4.90 Å². The van der Waals surface area contributed by atoms with E-state index in [9.17, 15) is 0 Å². The van der Waals surface area contributed by atoms with Gasteiger partial charge in [-0.2, -0.15) is 0 Å². The number of hydrogen-bond acceptors (Lipinski definition) is 2. The smallest absolute Gasteiger partial charge is 0.0192 e. The molecule has 1 aliphatic carbocycles. The summed E-state index contributed by atoms with van der Waals surface area (Å²) < 4.78 is 0. The van der Waals surface area contributed by atoms with Crippen molar-refractivity contribution in [2.75, 3.05) is 19.6 Å². The highest BCUT2D eigenvalue weighted by Gasteiger charge is 2.22. The maximum atomic E-state index is 3.78. The minimum Gasteiger partial charge on any atom is -0.312 e. The van der Waals surface area contributed by atoms with Crippen LogP contribution in [0.4, 0.5) is 0 Å². The Morgan fingerprint density at radius 2 is 1.74 bits per heavy atom. The van der Waals surface area contributed by atoms with Gasteiger partial charge in [-0.1, -0.05) is 30.7 Å². The predicted octanol–water partition coefficient (Wildman–Crippen LogP) is 2.62. The van der Waals surface area contributed by atoms with Crippen LogP contribution in [0.15, 0.2) is 24.3 Å². The Labute approximate surface area is 117 Å². The molecule has 1 fully saturated rings. The Morgan fingerprint density at radius 1 is 1.11 bits per heavy atom. The molecule has 1 unspecified atom stereocenters. The number of rotatable bonds is 4. The Bertz CT molecular complexity index is 384. The van der Waals surface area contributed by atoms with Crippen molar-refractivity contribution in [3.05, 3.63) is 35.4 Å². The molecule has 2 aliphatic rings. The van der Waals surface area contributed by atoms with E-state index in [2.05, 4.69) is 41.4 Å². The second-order valence-corrected chi connectivity index (χ2v) is 6.23. The third-order valence-electron chi connectivity index (χ3n) is 4.77. The van der Waals surface area contributed by atoms with Gasteiger partial charge in [-0.15, -0.1) is 0 Å². The van der Waals surface area contributed by atoms with Crippen molar-refractivity contribution >= 4 is 0 Å². The number of likely N-dealkylation sites (tertiary alicyclic amines) is 1. The summed E-state index contributed by atoms with van der Waals surface area (Å²) in [6.07, 6.45) is 6.62. The lowest BCUT2D eigenvalue weighted by molar-refractivity contribution is 0.168. The molecule has 1 aliphatic heterocycles. The van der Waals surface area contributed by atoms with Crippen molar-refractivity contribution < 1.29 is 0 Å². The van der Waals surface area contributed by atoms with E-state index in [1.807, 2.05) is 0 Å². The topological polar surface area (TPSA) is 15.3 Å². The van der Waals surface area contributed by atoms with Crippen LogP contribution in [-0.4, -0.2) is 36.6 Å². The van der Waals surface area contributed by atoms with Gasteiger partial charge in [0.2, 0.25) is 0 Å². The quantitative estimate of drug-likeness (QED) is 0.893. The summed E-state index contributed by atoms with van der Waals surface area (Å²) in [6, 6.07) is 10.2. The van der Waals surface area contributed by atoms with Gasteiger partial charge in [-0.05, 0) is 56.8 Å². The van der Waals surface area contributed by atoms with Gasteiger partial charge in [0, 0.05) is 18.6 Å². The zero-order valence-corrected chi connectivity index (χ0v) is 12.1. The summed E-state index contributed by atoms with van der Waals surface area (Å²) in [5.74, 6) is 0. The Morgan fingerprint density at radius 3 is 2.37 bits per heavy atom. The van der Waals surface area contributed by atoms with Crippen LogP contribution >= 0.6 is 0 Å². The Kier molecular flexibility index (Phi) is 4.19. The predicted molar refractivity (Wildman–Crippen MR) is 80.5 cm³/mol. The molecule has 1 heterocycles. The molecule has 0 aromatic heterocycles. The van der Waals surface area contributed by atoms with Crippen LogP contribution in [0.5, 0.6) is 0 Å². The molecule has 1 aromatic carbocycles. The van der Waals surface area contributed by atoms with Crippen molar-refractivity contribution in [1.82, 2.24) is 10.2 Å². The fourth-order valence-corrected chi connectivity index (χ4v) is 3.53. The van der Waals surface area contributed by atoms with Crippen LogP contribution in [0.25, 0.3) is 0 Å². The molecule has 0 bridgehead atoms. The molecule has 19 heavy (non-hydrogen) atoms. The highest BCUT2D eigenvalue weighted by molar-refractivity contribution is 5.33. The van der Waals surface area contributed by atoms with Crippen molar-refractivity contribution in [3.63, 3.8) is 0 Å². The fourth-order valence-electron chi connectivity index (χ4n) is 3.53. The van der Waals surface area contributed by atoms with Gasteiger partial charge in [0.05, 0.1) is 0 Å². The highest BCUT2D eigenvalue weighted by Crippen LogP contribution is 2.21. The summed E-state index contributed by atoms with van der Waals surface area (Å²) in [6.45, 7) is 6.11. The van der Waals surface area contributed by atoms with Crippen molar-refractivity contribution in [2.24, 2.45) is 0 Å². The molecule has 0 amide bonds. The molecule has 0 radical (unpaired) electrons. The first-order valence-corrected chi connectivity index (χ1v) is 7.87. The molecule has 104 valence electrons. The third-order valence-corrected chi connectivity index (χ3v) is 4.77. The van der Waals surface area contributed by atoms with Crippen LogP contribution in [0, 0.1) is 0 Å².